The van der Waals surface area contributed by atoms with Gasteiger partial charge < -0.3 is 4.90 Å². The van der Waals surface area contributed by atoms with Gasteiger partial charge in [0.05, 0.1) is 0 Å². The van der Waals surface area contributed by atoms with Gasteiger partial charge in [0.1, 0.15) is 0 Å². The summed E-state index contributed by atoms with van der Waals surface area (Å²) in [4.78, 5) is 13.9. The van der Waals surface area contributed by atoms with E-state index < -0.39 is 0 Å². The van der Waals surface area contributed by atoms with E-state index in [9.17, 15) is 4.79 Å². The van der Waals surface area contributed by atoms with Crippen LogP contribution in [0.5, 0.6) is 0 Å². The fraction of sp³-hybridized carbons (Fsp3) is 0.500. The first-order chi connectivity index (χ1) is 7.77. The molecule has 0 aromatic heterocycles. The molecule has 0 atom stereocenters. The first-order valence-corrected chi connectivity index (χ1v) is 6.08. The Kier molecular flexibility index (Phi) is 3.60. The van der Waals surface area contributed by atoms with E-state index in [1.165, 1.54) is 25.7 Å². The lowest BCUT2D eigenvalue weighted by Gasteiger charge is -2.21. The number of carbonyl (C=O) groups is 1. The predicted molar refractivity (Wildman–Crippen MR) is 65.4 cm³/mol. The van der Waals surface area contributed by atoms with Crippen LogP contribution in [0, 0.1) is 5.92 Å². The second kappa shape index (κ2) is 5.15. The molecule has 1 amide bonds. The summed E-state index contributed by atoms with van der Waals surface area (Å²) >= 11 is 0. The lowest BCUT2D eigenvalue weighted by molar-refractivity contribution is 0.0773. The van der Waals surface area contributed by atoms with Crippen molar-refractivity contribution in [3.8, 4) is 0 Å². The van der Waals surface area contributed by atoms with Crippen molar-refractivity contribution in [2.24, 2.45) is 5.92 Å². The van der Waals surface area contributed by atoms with Crippen molar-refractivity contribution in [1.82, 2.24) is 4.90 Å². The van der Waals surface area contributed by atoms with Crippen molar-refractivity contribution in [2.75, 3.05) is 13.6 Å². The van der Waals surface area contributed by atoms with E-state index in [-0.39, 0.29) is 5.91 Å². The average molecular weight is 217 g/mol. The summed E-state index contributed by atoms with van der Waals surface area (Å²) in [5.74, 6) is 0.866. The Balaban J connectivity index is 1.94. The normalized spacial score (nSPS) is 16.3. The third-order valence-corrected chi connectivity index (χ3v) is 3.37. The molecule has 16 heavy (non-hydrogen) atoms. The summed E-state index contributed by atoms with van der Waals surface area (Å²) in [6, 6.07) is 9.53. The van der Waals surface area contributed by atoms with Gasteiger partial charge in [0.25, 0.3) is 5.91 Å². The Morgan fingerprint density at radius 1 is 1.25 bits per heavy atom. The Bertz CT molecular complexity index is 341. The highest BCUT2D eigenvalue weighted by Crippen LogP contribution is 2.25. The maximum absolute atomic E-state index is 12.1. The summed E-state index contributed by atoms with van der Waals surface area (Å²) in [6.45, 7) is 0.910. The van der Waals surface area contributed by atoms with E-state index in [0.29, 0.717) is 0 Å². The van der Waals surface area contributed by atoms with Crippen molar-refractivity contribution in [3.05, 3.63) is 35.9 Å². The van der Waals surface area contributed by atoms with Crippen LogP contribution in [0.4, 0.5) is 0 Å². The second-order valence-electron chi connectivity index (χ2n) is 4.70. The van der Waals surface area contributed by atoms with Gasteiger partial charge in [-0.25, -0.2) is 0 Å². The molecule has 1 fully saturated rings. The second-order valence-corrected chi connectivity index (χ2v) is 4.70. The molecule has 86 valence electrons. The SMILES string of the molecule is CN(CC1CCCC1)C(=O)c1ccccc1. The standard InChI is InChI=1S/C14H19NO/c1-15(11-12-7-5-6-8-12)14(16)13-9-3-2-4-10-13/h2-4,9-10,12H,5-8,11H2,1H3. The van der Waals surface area contributed by atoms with E-state index in [4.69, 9.17) is 0 Å². The lowest BCUT2D eigenvalue weighted by Crippen LogP contribution is -2.31. The predicted octanol–water partition coefficient (Wildman–Crippen LogP) is 2.95. The molecule has 0 N–H and O–H groups in total. The highest BCUT2D eigenvalue weighted by molar-refractivity contribution is 5.93. The molecule has 0 bridgehead atoms. The Morgan fingerprint density at radius 2 is 1.88 bits per heavy atom. The van der Waals surface area contributed by atoms with Crippen LogP contribution in [0.1, 0.15) is 36.0 Å². The van der Waals surface area contributed by atoms with Crippen LogP contribution < -0.4 is 0 Å². The van der Waals surface area contributed by atoms with Gasteiger partial charge in [-0.05, 0) is 30.9 Å². The van der Waals surface area contributed by atoms with E-state index >= 15 is 0 Å². The minimum Gasteiger partial charge on any atom is -0.341 e. The highest BCUT2D eigenvalue weighted by atomic mass is 16.2. The zero-order valence-corrected chi connectivity index (χ0v) is 9.86. The summed E-state index contributed by atoms with van der Waals surface area (Å²) in [6.07, 6.45) is 5.23. The first kappa shape index (κ1) is 11.2. The zero-order chi connectivity index (χ0) is 11.4. The molecule has 2 heteroatoms. The van der Waals surface area contributed by atoms with E-state index in [1.807, 2.05) is 42.3 Å². The molecule has 0 spiro atoms. The molecule has 2 rings (SSSR count). The van der Waals surface area contributed by atoms with Gasteiger partial charge in [-0.2, -0.15) is 0 Å². The van der Waals surface area contributed by atoms with Crippen molar-refractivity contribution < 1.29 is 4.79 Å². The molecular weight excluding hydrogens is 198 g/mol. The van der Waals surface area contributed by atoms with Crippen LogP contribution in [0.3, 0.4) is 0 Å². The van der Waals surface area contributed by atoms with Crippen LogP contribution in [-0.2, 0) is 0 Å². The molecule has 1 aromatic carbocycles. The quantitative estimate of drug-likeness (QED) is 0.762. The molecule has 1 aliphatic carbocycles. The van der Waals surface area contributed by atoms with E-state index in [2.05, 4.69) is 0 Å². The van der Waals surface area contributed by atoms with Crippen LogP contribution in [0.15, 0.2) is 30.3 Å². The summed E-state index contributed by atoms with van der Waals surface area (Å²) in [5, 5.41) is 0. The van der Waals surface area contributed by atoms with Crippen LogP contribution in [0.2, 0.25) is 0 Å². The smallest absolute Gasteiger partial charge is 0.253 e. The third kappa shape index (κ3) is 2.63. The van der Waals surface area contributed by atoms with E-state index in [1.54, 1.807) is 0 Å². The van der Waals surface area contributed by atoms with E-state index in [0.717, 1.165) is 18.0 Å². The molecule has 1 aromatic rings. The largest absolute Gasteiger partial charge is 0.341 e. The van der Waals surface area contributed by atoms with Crippen molar-refractivity contribution in [1.29, 1.82) is 0 Å². The monoisotopic (exact) mass is 217 g/mol. The van der Waals surface area contributed by atoms with Crippen molar-refractivity contribution in [2.45, 2.75) is 25.7 Å². The van der Waals surface area contributed by atoms with Crippen molar-refractivity contribution >= 4 is 5.91 Å². The molecule has 1 saturated carbocycles. The third-order valence-electron chi connectivity index (χ3n) is 3.37. The maximum Gasteiger partial charge on any atom is 0.253 e. The number of rotatable bonds is 3. The van der Waals surface area contributed by atoms with Gasteiger partial charge in [0.15, 0.2) is 0 Å². The Morgan fingerprint density at radius 3 is 2.50 bits per heavy atom. The van der Waals surface area contributed by atoms with Crippen LogP contribution in [0.25, 0.3) is 0 Å². The summed E-state index contributed by atoms with van der Waals surface area (Å²) in [7, 11) is 1.91. The number of carbonyl (C=O) groups excluding carboxylic acids is 1. The number of hydrogen-bond donors (Lipinski definition) is 0. The molecule has 0 aliphatic heterocycles. The van der Waals surface area contributed by atoms with Gasteiger partial charge in [-0.1, -0.05) is 31.0 Å². The first-order valence-electron chi connectivity index (χ1n) is 6.08. The van der Waals surface area contributed by atoms with Gasteiger partial charge in [0.2, 0.25) is 0 Å². The van der Waals surface area contributed by atoms with Crippen molar-refractivity contribution in [3.63, 3.8) is 0 Å². The highest BCUT2D eigenvalue weighted by Gasteiger charge is 2.19. The minimum atomic E-state index is 0.146. The molecule has 0 unspecified atom stereocenters. The zero-order valence-electron chi connectivity index (χ0n) is 9.86. The number of hydrogen-bond acceptors (Lipinski definition) is 1. The number of nitrogens with zero attached hydrogens (tertiary/aromatic N) is 1. The Hall–Kier alpha value is -1.31. The lowest BCUT2D eigenvalue weighted by atomic mass is 10.1. The molecule has 0 heterocycles. The molecular formula is C14H19NO. The van der Waals surface area contributed by atoms with Gasteiger partial charge in [-0.15, -0.1) is 0 Å². The fourth-order valence-electron chi connectivity index (χ4n) is 2.46. The topological polar surface area (TPSA) is 20.3 Å². The number of benzene rings is 1. The molecule has 2 nitrogen and oxygen atoms in total. The van der Waals surface area contributed by atoms with Gasteiger partial charge >= 0.3 is 0 Å². The van der Waals surface area contributed by atoms with Gasteiger partial charge in [-0.3, -0.25) is 4.79 Å². The average Bonchev–Trinajstić information content (AvgIpc) is 2.82. The maximum atomic E-state index is 12.1. The summed E-state index contributed by atoms with van der Waals surface area (Å²) < 4.78 is 0. The minimum absolute atomic E-state index is 0.146. The molecule has 0 saturated heterocycles. The summed E-state index contributed by atoms with van der Waals surface area (Å²) in [5.41, 5.74) is 0.794. The molecule has 0 radical (unpaired) electrons. The Labute approximate surface area is 97.3 Å². The molecule has 1 aliphatic rings. The fourth-order valence-corrected chi connectivity index (χ4v) is 2.46. The number of amides is 1. The van der Waals surface area contributed by atoms with Gasteiger partial charge in [0, 0.05) is 19.2 Å². The van der Waals surface area contributed by atoms with Crippen LogP contribution in [-0.4, -0.2) is 24.4 Å². The van der Waals surface area contributed by atoms with Crippen LogP contribution >= 0.6 is 0 Å².